The summed E-state index contributed by atoms with van der Waals surface area (Å²) >= 11 is 5.28. The van der Waals surface area contributed by atoms with Crippen molar-refractivity contribution >= 4 is 40.0 Å². The Kier molecular flexibility index (Phi) is 5.20. The number of nitrogens with zero attached hydrogens (tertiary/aromatic N) is 1. The molecule has 0 aliphatic rings. The number of aromatic nitrogens is 1. The molecule has 0 spiro atoms. The number of anilines is 1. The van der Waals surface area contributed by atoms with E-state index in [-0.39, 0.29) is 16.8 Å². The molecule has 1 heterocycles. The van der Waals surface area contributed by atoms with Crippen molar-refractivity contribution in [3.8, 4) is 17.2 Å². The van der Waals surface area contributed by atoms with Crippen LogP contribution in [0.15, 0.2) is 65.1 Å². The number of phenols is 1. The highest BCUT2D eigenvalue weighted by molar-refractivity contribution is 7.80. The van der Waals surface area contributed by atoms with Gasteiger partial charge in [0, 0.05) is 11.3 Å². The molecular formula is C23H19N3O3S. The van der Waals surface area contributed by atoms with Gasteiger partial charge in [0.05, 0.1) is 5.56 Å². The number of carbonyl (C=O) groups is 1. The number of hydrogen-bond acceptors (Lipinski definition) is 5. The number of rotatable bonds is 3. The van der Waals surface area contributed by atoms with Gasteiger partial charge in [-0.05, 0) is 68.5 Å². The van der Waals surface area contributed by atoms with Crippen molar-refractivity contribution in [2.75, 3.05) is 5.32 Å². The van der Waals surface area contributed by atoms with Gasteiger partial charge in [-0.15, -0.1) is 0 Å². The van der Waals surface area contributed by atoms with Crippen molar-refractivity contribution in [3.05, 3.63) is 77.4 Å². The van der Waals surface area contributed by atoms with Crippen molar-refractivity contribution in [1.82, 2.24) is 10.3 Å². The molecule has 0 fully saturated rings. The van der Waals surface area contributed by atoms with Crippen molar-refractivity contribution in [2.24, 2.45) is 0 Å². The highest BCUT2D eigenvalue weighted by atomic mass is 32.1. The third-order valence-corrected chi connectivity index (χ3v) is 4.69. The Bertz CT molecular complexity index is 1230. The zero-order valence-corrected chi connectivity index (χ0v) is 17.2. The third kappa shape index (κ3) is 4.16. The van der Waals surface area contributed by atoms with Crippen LogP contribution in [0.2, 0.25) is 0 Å². The number of phenolic OH excluding ortho intramolecular Hbond substituents is 1. The number of amides is 1. The Balaban J connectivity index is 1.52. The molecule has 4 aromatic rings. The van der Waals surface area contributed by atoms with Gasteiger partial charge < -0.3 is 14.8 Å². The molecule has 0 saturated carbocycles. The molecule has 6 nitrogen and oxygen atoms in total. The van der Waals surface area contributed by atoms with Crippen LogP contribution in [0.3, 0.4) is 0 Å². The van der Waals surface area contributed by atoms with Crippen LogP contribution in [0.25, 0.3) is 22.6 Å². The molecule has 1 amide bonds. The van der Waals surface area contributed by atoms with Crippen LogP contribution in [0.4, 0.5) is 5.69 Å². The number of oxazole rings is 1. The molecule has 3 aromatic carbocycles. The van der Waals surface area contributed by atoms with Crippen LogP contribution in [0.5, 0.6) is 5.75 Å². The second kappa shape index (κ2) is 7.96. The van der Waals surface area contributed by atoms with E-state index in [9.17, 15) is 9.90 Å². The Labute approximate surface area is 178 Å². The monoisotopic (exact) mass is 417 g/mol. The van der Waals surface area contributed by atoms with Gasteiger partial charge >= 0.3 is 0 Å². The topological polar surface area (TPSA) is 87.4 Å². The van der Waals surface area contributed by atoms with Crippen LogP contribution in [0.1, 0.15) is 21.5 Å². The lowest BCUT2D eigenvalue weighted by Crippen LogP contribution is -2.34. The summed E-state index contributed by atoms with van der Waals surface area (Å²) in [4.78, 5) is 16.9. The van der Waals surface area contributed by atoms with E-state index >= 15 is 0 Å². The SMILES string of the molecule is Cc1cc(C)cc(C(=O)NC(=S)Nc2ccc(O)c(-c3nc4ccccc4o3)c2)c1. The lowest BCUT2D eigenvalue weighted by molar-refractivity contribution is 0.0977. The molecule has 1 aromatic heterocycles. The predicted molar refractivity (Wildman–Crippen MR) is 121 cm³/mol. The van der Waals surface area contributed by atoms with E-state index in [0.29, 0.717) is 33.8 Å². The molecule has 0 atom stereocenters. The minimum absolute atomic E-state index is 0.0253. The minimum atomic E-state index is -0.294. The Morgan fingerprint density at radius 1 is 1.03 bits per heavy atom. The van der Waals surface area contributed by atoms with Crippen molar-refractivity contribution < 1.29 is 14.3 Å². The summed E-state index contributed by atoms with van der Waals surface area (Å²) in [6, 6.07) is 17.8. The van der Waals surface area contributed by atoms with Crippen LogP contribution in [-0.2, 0) is 0 Å². The van der Waals surface area contributed by atoms with E-state index in [1.165, 1.54) is 6.07 Å². The first-order chi connectivity index (χ1) is 14.4. The first-order valence-electron chi connectivity index (χ1n) is 9.28. The number of carbonyl (C=O) groups excluding carboxylic acids is 1. The fourth-order valence-electron chi connectivity index (χ4n) is 3.22. The van der Waals surface area contributed by atoms with Gasteiger partial charge in [0.15, 0.2) is 10.7 Å². The summed E-state index contributed by atoms with van der Waals surface area (Å²) in [5.41, 5.74) is 4.86. The first kappa shape index (κ1) is 19.6. The highest BCUT2D eigenvalue weighted by Crippen LogP contribution is 2.33. The smallest absolute Gasteiger partial charge is 0.257 e. The third-order valence-electron chi connectivity index (χ3n) is 4.49. The molecule has 0 aliphatic heterocycles. The molecule has 0 unspecified atom stereocenters. The fraction of sp³-hybridized carbons (Fsp3) is 0.0870. The number of aryl methyl sites for hydroxylation is 2. The number of fused-ring (bicyclic) bond motifs is 1. The Morgan fingerprint density at radius 3 is 2.50 bits per heavy atom. The largest absolute Gasteiger partial charge is 0.507 e. The molecule has 0 saturated heterocycles. The van der Waals surface area contributed by atoms with Crippen LogP contribution in [0, 0.1) is 13.8 Å². The maximum absolute atomic E-state index is 12.5. The molecule has 3 N–H and O–H groups in total. The van der Waals surface area contributed by atoms with Crippen LogP contribution < -0.4 is 10.6 Å². The van der Waals surface area contributed by atoms with Gasteiger partial charge in [0.2, 0.25) is 5.89 Å². The van der Waals surface area contributed by atoms with Gasteiger partial charge in [-0.1, -0.05) is 29.3 Å². The number of aromatic hydroxyl groups is 1. The van der Waals surface area contributed by atoms with E-state index in [2.05, 4.69) is 15.6 Å². The van der Waals surface area contributed by atoms with Crippen LogP contribution in [-0.4, -0.2) is 21.1 Å². The zero-order chi connectivity index (χ0) is 21.3. The minimum Gasteiger partial charge on any atom is -0.507 e. The van der Waals surface area contributed by atoms with E-state index in [1.807, 2.05) is 44.2 Å². The number of nitrogens with one attached hydrogen (secondary N) is 2. The normalized spacial score (nSPS) is 10.7. The Morgan fingerprint density at radius 2 is 1.77 bits per heavy atom. The molecule has 0 bridgehead atoms. The van der Waals surface area contributed by atoms with Gasteiger partial charge in [0.25, 0.3) is 5.91 Å². The van der Waals surface area contributed by atoms with Gasteiger partial charge in [-0.3, -0.25) is 10.1 Å². The van der Waals surface area contributed by atoms with E-state index < -0.39 is 0 Å². The number of benzene rings is 3. The van der Waals surface area contributed by atoms with Crippen molar-refractivity contribution in [1.29, 1.82) is 0 Å². The second-order valence-electron chi connectivity index (χ2n) is 7.00. The van der Waals surface area contributed by atoms with E-state index in [0.717, 1.165) is 11.1 Å². The number of thiocarbonyl (C=S) groups is 1. The number of hydrogen-bond donors (Lipinski definition) is 3. The quantitative estimate of drug-likeness (QED) is 0.323. The summed E-state index contributed by atoms with van der Waals surface area (Å²) < 4.78 is 5.74. The second-order valence-corrected chi connectivity index (χ2v) is 7.41. The average Bonchev–Trinajstić information content (AvgIpc) is 3.12. The highest BCUT2D eigenvalue weighted by Gasteiger charge is 2.14. The summed E-state index contributed by atoms with van der Waals surface area (Å²) in [6.07, 6.45) is 0. The molecule has 150 valence electrons. The lowest BCUT2D eigenvalue weighted by Gasteiger charge is -2.11. The molecule has 30 heavy (non-hydrogen) atoms. The summed E-state index contributed by atoms with van der Waals surface area (Å²) in [5, 5.41) is 16.0. The first-order valence-corrected chi connectivity index (χ1v) is 9.69. The van der Waals surface area contributed by atoms with Gasteiger partial charge in [-0.2, -0.15) is 0 Å². The lowest BCUT2D eigenvalue weighted by atomic mass is 10.1. The molecular weight excluding hydrogens is 398 g/mol. The van der Waals surface area contributed by atoms with Crippen molar-refractivity contribution in [2.45, 2.75) is 13.8 Å². The number of para-hydroxylation sites is 2. The predicted octanol–water partition coefficient (Wildman–Crippen LogP) is 4.94. The summed E-state index contributed by atoms with van der Waals surface area (Å²) in [6.45, 7) is 3.87. The fourth-order valence-corrected chi connectivity index (χ4v) is 3.43. The molecule has 4 rings (SSSR count). The van der Waals surface area contributed by atoms with E-state index in [4.69, 9.17) is 16.6 Å². The standard InChI is InChI=1S/C23H19N3O3S/c1-13-9-14(2)11-15(10-13)21(28)26-23(30)24-16-7-8-19(27)17(12-16)22-25-18-5-3-4-6-20(18)29-22/h3-12,27H,1-2H3,(H2,24,26,28,30). The summed E-state index contributed by atoms with van der Waals surface area (Å²) in [5.74, 6) is 0.0251. The van der Waals surface area contributed by atoms with Gasteiger partial charge in [-0.25, -0.2) is 4.98 Å². The van der Waals surface area contributed by atoms with Crippen molar-refractivity contribution in [3.63, 3.8) is 0 Å². The maximum Gasteiger partial charge on any atom is 0.257 e. The van der Waals surface area contributed by atoms with Crippen LogP contribution >= 0.6 is 12.2 Å². The molecule has 0 aliphatic carbocycles. The van der Waals surface area contributed by atoms with Gasteiger partial charge in [0.1, 0.15) is 11.3 Å². The zero-order valence-electron chi connectivity index (χ0n) is 16.4. The molecule has 7 heteroatoms. The summed E-state index contributed by atoms with van der Waals surface area (Å²) in [7, 11) is 0. The molecule has 0 radical (unpaired) electrons. The average molecular weight is 417 g/mol. The Hall–Kier alpha value is -3.71. The van der Waals surface area contributed by atoms with E-state index in [1.54, 1.807) is 24.3 Å². The maximum atomic E-state index is 12.5.